The first-order valence-corrected chi connectivity index (χ1v) is 7.58. The van der Waals surface area contributed by atoms with Crippen molar-refractivity contribution in [2.45, 2.75) is 0 Å². The van der Waals surface area contributed by atoms with Crippen LogP contribution in [0.5, 0.6) is 0 Å². The van der Waals surface area contributed by atoms with Gasteiger partial charge in [0.25, 0.3) is 5.91 Å². The van der Waals surface area contributed by atoms with E-state index in [4.69, 9.17) is 0 Å². The molecule has 0 aliphatic rings. The molecule has 0 aliphatic carbocycles. The van der Waals surface area contributed by atoms with Crippen molar-refractivity contribution in [3.63, 3.8) is 0 Å². The van der Waals surface area contributed by atoms with Crippen molar-refractivity contribution in [1.29, 1.82) is 5.26 Å². The van der Waals surface area contributed by atoms with Gasteiger partial charge in [0.05, 0.1) is 0 Å². The number of anilines is 1. The van der Waals surface area contributed by atoms with E-state index in [0.717, 1.165) is 0 Å². The van der Waals surface area contributed by atoms with Crippen LogP contribution in [0, 0.1) is 17.4 Å². The number of hydrogen-bond acceptors (Lipinski definition) is 2. The number of nitriles is 1. The zero-order valence-electron chi connectivity index (χ0n) is 14.0. The van der Waals surface area contributed by atoms with E-state index in [2.05, 4.69) is 6.07 Å². The molecule has 3 nitrogen and oxygen atoms in total. The number of amides is 1. The van der Waals surface area contributed by atoms with Crippen LogP contribution in [0.15, 0.2) is 91.0 Å². The largest absolute Gasteiger partial charge is 1.00 e. The van der Waals surface area contributed by atoms with Gasteiger partial charge in [0.1, 0.15) is 0 Å². The van der Waals surface area contributed by atoms with E-state index in [1.54, 1.807) is 12.1 Å². The van der Waals surface area contributed by atoms with E-state index in [-0.39, 0.29) is 35.5 Å². The fraction of sp³-hybridized carbons (Fsp3) is 0. The Balaban J connectivity index is 0.00000225. The van der Waals surface area contributed by atoms with Crippen LogP contribution in [0.4, 0.5) is 5.69 Å². The van der Waals surface area contributed by atoms with Gasteiger partial charge < -0.3 is 4.90 Å². The second-order valence-electron chi connectivity index (χ2n) is 5.17. The van der Waals surface area contributed by atoms with Crippen LogP contribution in [0.25, 0.3) is 0 Å². The summed E-state index contributed by atoms with van der Waals surface area (Å²) < 4.78 is 0. The van der Waals surface area contributed by atoms with E-state index < -0.39 is 0 Å². The second kappa shape index (κ2) is 9.10. The molecule has 0 radical (unpaired) electrons. The summed E-state index contributed by atoms with van der Waals surface area (Å²) in [6.45, 7) is 0. The molecule has 25 heavy (non-hydrogen) atoms. The minimum Gasteiger partial charge on any atom is -0.322 e. The molecule has 0 N–H and O–H groups in total. The van der Waals surface area contributed by atoms with Crippen molar-refractivity contribution < 1.29 is 34.4 Å². The second-order valence-corrected chi connectivity index (χ2v) is 5.17. The third kappa shape index (κ3) is 4.32. The van der Waals surface area contributed by atoms with Crippen LogP contribution >= 0.6 is 0 Å². The first-order valence-electron chi connectivity index (χ1n) is 7.58. The number of carbonyl (C=O) groups excluding carboxylic acids is 1. The van der Waals surface area contributed by atoms with Gasteiger partial charge >= 0.3 is 29.6 Å². The summed E-state index contributed by atoms with van der Waals surface area (Å²) >= 11 is 0. The molecule has 1 amide bonds. The Bertz CT molecular complexity index is 845. The normalized spacial score (nSPS) is 9.40. The van der Waals surface area contributed by atoms with Crippen LogP contribution in [0.1, 0.15) is 15.9 Å². The topological polar surface area (TPSA) is 44.1 Å². The van der Waals surface area contributed by atoms with Gasteiger partial charge in [-0.2, -0.15) is 17.7 Å². The Labute approximate surface area is 169 Å². The summed E-state index contributed by atoms with van der Waals surface area (Å²) in [4.78, 5) is 14.5. The third-order valence-electron chi connectivity index (χ3n) is 3.61. The number of para-hydroxylation sites is 1. The first-order chi connectivity index (χ1) is 11.8. The van der Waals surface area contributed by atoms with Crippen LogP contribution in [0.3, 0.4) is 0 Å². The molecule has 3 aromatic rings. The minimum absolute atomic E-state index is 0. The average molecular weight is 334 g/mol. The quantitative estimate of drug-likeness (QED) is 0.535. The molecule has 0 saturated heterocycles. The van der Waals surface area contributed by atoms with Crippen molar-refractivity contribution >= 4 is 11.6 Å². The summed E-state index contributed by atoms with van der Waals surface area (Å²) in [5, 5.41) is 9.73. The van der Waals surface area contributed by atoms with Crippen LogP contribution in [-0.2, 0) is 0 Å². The van der Waals surface area contributed by atoms with Gasteiger partial charge in [-0.05, 0) is 24.3 Å². The molecule has 0 spiro atoms. The molecule has 0 aromatic heterocycles. The molecular weight excluding hydrogens is 319 g/mol. The summed E-state index contributed by atoms with van der Waals surface area (Å²) in [7, 11) is 0. The van der Waals surface area contributed by atoms with Gasteiger partial charge in [-0.15, -0.1) is 12.1 Å². The van der Waals surface area contributed by atoms with E-state index in [1.165, 1.54) is 4.90 Å². The molecule has 4 heteroatoms. The molecule has 0 fully saturated rings. The van der Waals surface area contributed by atoms with Gasteiger partial charge in [-0.1, -0.05) is 42.5 Å². The van der Waals surface area contributed by atoms with Gasteiger partial charge in [-0.3, -0.25) is 4.79 Å². The van der Waals surface area contributed by atoms with Crippen molar-refractivity contribution in [1.82, 2.24) is 0 Å². The van der Waals surface area contributed by atoms with Crippen molar-refractivity contribution in [3.8, 4) is 6.07 Å². The van der Waals surface area contributed by atoms with E-state index in [1.807, 2.05) is 78.9 Å². The molecule has 0 aliphatic heterocycles. The number of benzene rings is 3. The van der Waals surface area contributed by atoms with Crippen LogP contribution in [0.2, 0.25) is 0 Å². The first kappa shape index (κ1) is 18.8. The molecule has 0 atom stereocenters. The smallest absolute Gasteiger partial charge is 0.322 e. The SMILES string of the molecule is N#C[C-](c1ccccc1)N(C(=O)c1ccccc1)c1ccccc1.[Na+]. The van der Waals surface area contributed by atoms with Crippen LogP contribution in [-0.4, -0.2) is 5.91 Å². The molecule has 116 valence electrons. The molecule has 0 saturated carbocycles. The van der Waals surface area contributed by atoms with E-state index in [9.17, 15) is 10.1 Å². The molecular formula is C21H15N2NaO. The maximum absolute atomic E-state index is 13.1. The van der Waals surface area contributed by atoms with E-state index >= 15 is 0 Å². The Kier molecular flexibility index (Phi) is 6.85. The molecule has 3 rings (SSSR count). The van der Waals surface area contributed by atoms with Gasteiger partial charge in [0.2, 0.25) is 0 Å². The maximum atomic E-state index is 13.1. The molecule has 0 heterocycles. The average Bonchev–Trinajstić information content (AvgIpc) is 2.67. The minimum atomic E-state index is -0.234. The monoisotopic (exact) mass is 334 g/mol. The maximum Gasteiger partial charge on any atom is 1.00 e. The van der Waals surface area contributed by atoms with Crippen molar-refractivity contribution in [2.75, 3.05) is 4.90 Å². The predicted octanol–water partition coefficient (Wildman–Crippen LogP) is 1.44. The zero-order chi connectivity index (χ0) is 16.8. The number of carbonyl (C=O) groups is 1. The Morgan fingerprint density at radius 2 is 1.28 bits per heavy atom. The third-order valence-corrected chi connectivity index (χ3v) is 3.61. The van der Waals surface area contributed by atoms with Gasteiger partial charge in [0.15, 0.2) is 0 Å². The fourth-order valence-electron chi connectivity index (χ4n) is 2.47. The Hall–Kier alpha value is -2.51. The van der Waals surface area contributed by atoms with Crippen molar-refractivity contribution in [3.05, 3.63) is 108 Å². The van der Waals surface area contributed by atoms with E-state index in [0.29, 0.717) is 22.9 Å². The number of nitrogens with zero attached hydrogens (tertiary/aromatic N) is 2. The standard InChI is InChI=1S/C21H15N2O.Na/c22-16-20(17-10-4-1-5-11-17)23(19-14-8-3-9-15-19)21(24)18-12-6-2-7-13-18;/h1-15H;/q-1;+1. The Morgan fingerprint density at radius 3 is 1.80 bits per heavy atom. The summed E-state index contributed by atoms with van der Waals surface area (Å²) in [5.41, 5.74) is 1.89. The number of hydrogen-bond donors (Lipinski definition) is 0. The van der Waals surface area contributed by atoms with Crippen LogP contribution < -0.4 is 34.5 Å². The Morgan fingerprint density at radius 1 is 0.800 bits per heavy atom. The van der Waals surface area contributed by atoms with Crippen molar-refractivity contribution in [2.24, 2.45) is 0 Å². The number of rotatable bonds is 4. The molecule has 0 unspecified atom stereocenters. The summed E-state index contributed by atoms with van der Waals surface area (Å²) in [6, 6.07) is 29.9. The van der Waals surface area contributed by atoms with Gasteiger partial charge in [0, 0.05) is 23.4 Å². The summed E-state index contributed by atoms with van der Waals surface area (Å²) in [6.07, 6.45) is 0. The fourth-order valence-corrected chi connectivity index (χ4v) is 2.47. The molecule has 3 aromatic carbocycles. The zero-order valence-corrected chi connectivity index (χ0v) is 16.0. The summed E-state index contributed by atoms with van der Waals surface area (Å²) in [5.74, 6) is -0.234. The van der Waals surface area contributed by atoms with Gasteiger partial charge in [-0.25, -0.2) is 5.26 Å². The predicted molar refractivity (Wildman–Crippen MR) is 94.1 cm³/mol. The molecule has 0 bridgehead atoms.